The monoisotopic (exact) mass is 203 g/mol. The van der Waals surface area contributed by atoms with Crippen LogP contribution in [0, 0.1) is 0 Å². The Balaban J connectivity index is 1.89. The molecule has 1 atom stereocenters. The van der Waals surface area contributed by atoms with Crippen LogP contribution in [-0.2, 0) is 4.74 Å². The van der Waals surface area contributed by atoms with Gasteiger partial charge in [0.2, 0.25) is 0 Å². The summed E-state index contributed by atoms with van der Waals surface area (Å²) in [5, 5.41) is 0. The number of carbonyl (C=O) groups excluding carboxylic acids is 1. The van der Waals surface area contributed by atoms with Gasteiger partial charge >= 0.3 is 6.09 Å². The first-order valence-electron chi connectivity index (χ1n) is 5.36. The summed E-state index contributed by atoms with van der Waals surface area (Å²) in [6.07, 6.45) is 2.10. The van der Waals surface area contributed by atoms with Gasteiger partial charge in [0.05, 0.1) is 6.04 Å². The highest BCUT2D eigenvalue weighted by molar-refractivity contribution is 5.71. The van der Waals surface area contributed by atoms with Crippen molar-refractivity contribution in [2.75, 3.05) is 6.61 Å². The van der Waals surface area contributed by atoms with E-state index >= 15 is 0 Å². The first-order chi connectivity index (χ1) is 7.36. The molecule has 1 amide bonds. The Morgan fingerprint density at radius 2 is 1.93 bits per heavy atom. The molecule has 3 nitrogen and oxygen atoms in total. The second-order valence-electron chi connectivity index (χ2n) is 4.14. The van der Waals surface area contributed by atoms with Crippen molar-refractivity contribution >= 4 is 6.09 Å². The minimum atomic E-state index is -0.147. The highest BCUT2D eigenvalue weighted by Crippen LogP contribution is 2.38. The number of benzene rings is 1. The molecule has 0 radical (unpaired) electrons. The summed E-state index contributed by atoms with van der Waals surface area (Å²) in [4.78, 5) is 13.4. The SMILES string of the molecule is O=C1OCC(c2ccccc2)N1C1CC1. The normalized spacial score (nSPS) is 25.5. The molecule has 1 aliphatic carbocycles. The van der Waals surface area contributed by atoms with Crippen LogP contribution in [-0.4, -0.2) is 23.6 Å². The molecule has 0 bridgehead atoms. The van der Waals surface area contributed by atoms with Crippen LogP contribution in [0.2, 0.25) is 0 Å². The molecule has 1 aliphatic heterocycles. The van der Waals surface area contributed by atoms with Gasteiger partial charge in [0.1, 0.15) is 6.61 Å². The minimum Gasteiger partial charge on any atom is -0.447 e. The smallest absolute Gasteiger partial charge is 0.410 e. The number of amides is 1. The van der Waals surface area contributed by atoms with Crippen LogP contribution >= 0.6 is 0 Å². The number of ether oxygens (including phenoxy) is 1. The maximum Gasteiger partial charge on any atom is 0.410 e. The van der Waals surface area contributed by atoms with Gasteiger partial charge in [-0.2, -0.15) is 0 Å². The average molecular weight is 203 g/mol. The fraction of sp³-hybridized carbons (Fsp3) is 0.417. The lowest BCUT2D eigenvalue weighted by Crippen LogP contribution is -2.29. The number of hydrogen-bond acceptors (Lipinski definition) is 2. The molecule has 1 aromatic carbocycles. The number of rotatable bonds is 2. The molecule has 0 spiro atoms. The molecule has 3 heteroatoms. The standard InChI is InChI=1S/C12H13NO2/c14-12-13(10-6-7-10)11(8-15-12)9-4-2-1-3-5-9/h1-5,10-11H,6-8H2. The van der Waals surface area contributed by atoms with Gasteiger partial charge in [-0.1, -0.05) is 30.3 Å². The van der Waals surface area contributed by atoms with E-state index < -0.39 is 0 Å². The lowest BCUT2D eigenvalue weighted by Gasteiger charge is -2.20. The van der Waals surface area contributed by atoms with Crippen molar-refractivity contribution in [2.45, 2.75) is 24.9 Å². The van der Waals surface area contributed by atoms with E-state index in [0.29, 0.717) is 12.6 Å². The molecular formula is C12H13NO2. The Morgan fingerprint density at radius 1 is 1.20 bits per heavy atom. The first-order valence-corrected chi connectivity index (χ1v) is 5.36. The van der Waals surface area contributed by atoms with E-state index in [-0.39, 0.29) is 12.1 Å². The van der Waals surface area contributed by atoms with Crippen LogP contribution in [0.4, 0.5) is 4.79 Å². The summed E-state index contributed by atoms with van der Waals surface area (Å²) in [6, 6.07) is 10.7. The van der Waals surface area contributed by atoms with Crippen molar-refractivity contribution in [2.24, 2.45) is 0 Å². The Morgan fingerprint density at radius 3 is 2.60 bits per heavy atom. The third-order valence-electron chi connectivity index (χ3n) is 3.04. The van der Waals surface area contributed by atoms with Crippen molar-refractivity contribution in [3.63, 3.8) is 0 Å². The molecule has 15 heavy (non-hydrogen) atoms. The van der Waals surface area contributed by atoms with Crippen LogP contribution in [0.1, 0.15) is 24.4 Å². The number of cyclic esters (lactones) is 1. The van der Waals surface area contributed by atoms with Gasteiger partial charge in [-0.3, -0.25) is 4.90 Å². The number of hydrogen-bond donors (Lipinski definition) is 0. The molecule has 78 valence electrons. The summed E-state index contributed by atoms with van der Waals surface area (Å²) in [5.74, 6) is 0. The van der Waals surface area contributed by atoms with E-state index in [2.05, 4.69) is 12.1 Å². The summed E-state index contributed by atoms with van der Waals surface area (Å²) >= 11 is 0. The highest BCUT2D eigenvalue weighted by Gasteiger charge is 2.43. The second kappa shape index (κ2) is 3.26. The van der Waals surface area contributed by atoms with Crippen LogP contribution in [0.25, 0.3) is 0 Å². The maximum absolute atomic E-state index is 11.5. The van der Waals surface area contributed by atoms with Crippen LogP contribution < -0.4 is 0 Å². The van der Waals surface area contributed by atoms with E-state index in [0.717, 1.165) is 12.8 Å². The second-order valence-corrected chi connectivity index (χ2v) is 4.14. The zero-order chi connectivity index (χ0) is 10.3. The minimum absolute atomic E-state index is 0.131. The lowest BCUT2D eigenvalue weighted by molar-refractivity contribution is 0.156. The summed E-state index contributed by atoms with van der Waals surface area (Å²) in [5.41, 5.74) is 1.18. The van der Waals surface area contributed by atoms with Crippen LogP contribution in [0.3, 0.4) is 0 Å². The molecule has 1 unspecified atom stereocenters. The van der Waals surface area contributed by atoms with Crippen molar-refractivity contribution < 1.29 is 9.53 Å². The molecule has 2 aliphatic rings. The largest absolute Gasteiger partial charge is 0.447 e. The fourth-order valence-corrected chi connectivity index (χ4v) is 2.12. The van der Waals surface area contributed by atoms with E-state index in [9.17, 15) is 4.79 Å². The predicted molar refractivity (Wildman–Crippen MR) is 55.4 cm³/mol. The van der Waals surface area contributed by atoms with Crippen molar-refractivity contribution in [1.29, 1.82) is 0 Å². The molecule has 1 aromatic rings. The average Bonchev–Trinajstić information content (AvgIpc) is 3.03. The number of carbonyl (C=O) groups is 1. The highest BCUT2D eigenvalue weighted by atomic mass is 16.6. The Labute approximate surface area is 88.6 Å². The van der Waals surface area contributed by atoms with E-state index in [1.54, 1.807) is 0 Å². The van der Waals surface area contributed by atoms with Gasteiger partial charge in [0.15, 0.2) is 0 Å². The lowest BCUT2D eigenvalue weighted by atomic mass is 10.1. The van der Waals surface area contributed by atoms with Gasteiger partial charge in [-0.15, -0.1) is 0 Å². The molecule has 1 saturated carbocycles. The summed E-state index contributed by atoms with van der Waals surface area (Å²) in [7, 11) is 0. The van der Waals surface area contributed by atoms with Gasteiger partial charge in [0.25, 0.3) is 0 Å². The van der Waals surface area contributed by atoms with Crippen LogP contribution in [0.15, 0.2) is 30.3 Å². The molecule has 3 rings (SSSR count). The van der Waals surface area contributed by atoms with E-state index in [4.69, 9.17) is 4.74 Å². The molecule has 1 saturated heterocycles. The number of nitrogens with zero attached hydrogens (tertiary/aromatic N) is 1. The Hall–Kier alpha value is -1.51. The molecule has 0 aromatic heterocycles. The Bertz CT molecular complexity index is 372. The zero-order valence-corrected chi connectivity index (χ0v) is 8.43. The molecule has 1 heterocycles. The maximum atomic E-state index is 11.5. The van der Waals surface area contributed by atoms with E-state index in [1.165, 1.54) is 5.56 Å². The zero-order valence-electron chi connectivity index (χ0n) is 8.43. The summed E-state index contributed by atoms with van der Waals surface area (Å²) in [6.45, 7) is 0.499. The fourth-order valence-electron chi connectivity index (χ4n) is 2.12. The molecule has 2 fully saturated rings. The third kappa shape index (κ3) is 1.48. The molecule has 0 N–H and O–H groups in total. The van der Waals surface area contributed by atoms with Crippen molar-refractivity contribution in [1.82, 2.24) is 4.90 Å². The van der Waals surface area contributed by atoms with Gasteiger partial charge in [-0.25, -0.2) is 4.79 Å². The van der Waals surface area contributed by atoms with Gasteiger partial charge in [-0.05, 0) is 18.4 Å². The predicted octanol–water partition coefficient (Wildman–Crippen LogP) is 2.34. The van der Waals surface area contributed by atoms with Crippen molar-refractivity contribution in [3.8, 4) is 0 Å². The first kappa shape index (κ1) is 8.77. The van der Waals surface area contributed by atoms with Gasteiger partial charge in [0, 0.05) is 6.04 Å². The Kier molecular flexibility index (Phi) is 1.91. The van der Waals surface area contributed by atoms with Crippen LogP contribution in [0.5, 0.6) is 0 Å². The molecular weight excluding hydrogens is 190 g/mol. The van der Waals surface area contributed by atoms with E-state index in [1.807, 2.05) is 23.1 Å². The third-order valence-corrected chi connectivity index (χ3v) is 3.04. The van der Waals surface area contributed by atoms with Gasteiger partial charge < -0.3 is 4.74 Å². The quantitative estimate of drug-likeness (QED) is 0.738. The summed E-state index contributed by atoms with van der Waals surface area (Å²) < 4.78 is 5.12. The van der Waals surface area contributed by atoms with Crippen molar-refractivity contribution in [3.05, 3.63) is 35.9 Å². The topological polar surface area (TPSA) is 29.5 Å².